The minimum Gasteiger partial charge on any atom is -0.404 e. The summed E-state index contributed by atoms with van der Waals surface area (Å²) in [4.78, 5) is 15.8. The van der Waals surface area contributed by atoms with Crippen LogP contribution in [-0.4, -0.2) is 18.2 Å². The quantitative estimate of drug-likeness (QED) is 0.216. The van der Waals surface area contributed by atoms with Crippen LogP contribution in [0.3, 0.4) is 0 Å². The lowest BCUT2D eigenvalue weighted by Crippen LogP contribution is -2.06. The minimum absolute atomic E-state index is 0.243. The predicted octanol–water partition coefficient (Wildman–Crippen LogP) is 6.33. The number of fused-ring (bicyclic) bond motifs is 2. The molecule has 0 fully saturated rings. The summed E-state index contributed by atoms with van der Waals surface area (Å²) in [6.07, 6.45) is 4.59. The van der Waals surface area contributed by atoms with Crippen LogP contribution >= 0.6 is 7.82 Å². The topological polar surface area (TPSA) is 77.6 Å². The van der Waals surface area contributed by atoms with Crippen LogP contribution < -0.4 is 9.95 Å². The molecule has 1 heterocycles. The molecule has 30 heavy (non-hydrogen) atoms. The minimum atomic E-state index is -3.79. The molecule has 0 bridgehead atoms. The standard InChI is InChI=1S/C22H27FNO5P/c1-3-5-6-7-13-28-30(26,27-12-4-2)29-17-9-10-18-21(15-17)24-20-11-8-16(23)14-19(20)22(18)25/h8-11,14-15H,3-7,12-13H2,1-2H3,(H,24,25). The van der Waals surface area contributed by atoms with Gasteiger partial charge in [-0.2, -0.15) is 0 Å². The van der Waals surface area contributed by atoms with E-state index in [-0.39, 0.29) is 29.8 Å². The first-order valence-electron chi connectivity index (χ1n) is 10.3. The van der Waals surface area contributed by atoms with Crippen LogP contribution in [0.4, 0.5) is 4.39 Å². The lowest BCUT2D eigenvalue weighted by molar-refractivity contribution is 0.153. The van der Waals surface area contributed by atoms with Gasteiger partial charge in [0.05, 0.1) is 18.7 Å². The van der Waals surface area contributed by atoms with Gasteiger partial charge in [-0.05, 0) is 43.2 Å². The molecule has 6 nitrogen and oxygen atoms in total. The van der Waals surface area contributed by atoms with Crippen LogP contribution in [0.5, 0.6) is 5.75 Å². The van der Waals surface area contributed by atoms with Crippen LogP contribution in [0.15, 0.2) is 41.2 Å². The second-order valence-corrected chi connectivity index (χ2v) is 8.71. The van der Waals surface area contributed by atoms with E-state index in [0.717, 1.165) is 25.7 Å². The number of phosphoric acid groups is 1. The lowest BCUT2D eigenvalue weighted by Gasteiger charge is -2.18. The summed E-state index contributed by atoms with van der Waals surface area (Å²) in [5, 5.41) is 0.647. The number of nitrogens with one attached hydrogen (secondary N) is 1. The number of pyridine rings is 1. The van der Waals surface area contributed by atoms with Gasteiger partial charge in [-0.15, -0.1) is 0 Å². The van der Waals surface area contributed by atoms with Crippen molar-refractivity contribution in [3.05, 3.63) is 52.4 Å². The fraction of sp³-hybridized carbons (Fsp3) is 0.409. The Morgan fingerprint density at radius 2 is 1.70 bits per heavy atom. The Balaban J connectivity index is 1.86. The van der Waals surface area contributed by atoms with Gasteiger partial charge in [0.1, 0.15) is 11.6 Å². The molecule has 0 saturated carbocycles. The molecule has 162 valence electrons. The summed E-state index contributed by atoms with van der Waals surface area (Å²) in [5.41, 5.74) is 0.702. The van der Waals surface area contributed by atoms with Gasteiger partial charge in [0, 0.05) is 22.4 Å². The number of aromatic amines is 1. The molecule has 3 aromatic rings. The number of hydrogen-bond donors (Lipinski definition) is 1. The van der Waals surface area contributed by atoms with Crippen molar-refractivity contribution in [2.75, 3.05) is 13.2 Å². The van der Waals surface area contributed by atoms with Crippen molar-refractivity contribution in [3.63, 3.8) is 0 Å². The monoisotopic (exact) mass is 435 g/mol. The van der Waals surface area contributed by atoms with Crippen LogP contribution in [0.2, 0.25) is 0 Å². The number of halogens is 1. The Bertz CT molecular complexity index is 1110. The molecule has 1 atom stereocenters. The number of aromatic nitrogens is 1. The highest BCUT2D eigenvalue weighted by molar-refractivity contribution is 7.48. The van der Waals surface area contributed by atoms with Gasteiger partial charge in [-0.25, -0.2) is 8.96 Å². The third-order valence-corrected chi connectivity index (χ3v) is 6.08. The number of rotatable bonds is 11. The highest BCUT2D eigenvalue weighted by Gasteiger charge is 2.28. The summed E-state index contributed by atoms with van der Waals surface area (Å²) < 4.78 is 43.1. The van der Waals surface area contributed by atoms with E-state index in [1.807, 2.05) is 6.92 Å². The highest BCUT2D eigenvalue weighted by atomic mass is 31.2. The van der Waals surface area contributed by atoms with Gasteiger partial charge in [-0.3, -0.25) is 13.8 Å². The van der Waals surface area contributed by atoms with E-state index in [0.29, 0.717) is 22.8 Å². The van der Waals surface area contributed by atoms with Crippen LogP contribution in [-0.2, 0) is 13.6 Å². The first-order chi connectivity index (χ1) is 14.5. The maximum absolute atomic E-state index is 13.5. The molecule has 1 unspecified atom stereocenters. The molecule has 0 aliphatic rings. The number of phosphoric ester groups is 1. The highest BCUT2D eigenvalue weighted by Crippen LogP contribution is 2.50. The second kappa shape index (κ2) is 10.2. The number of H-pyrrole nitrogens is 1. The van der Waals surface area contributed by atoms with Crippen LogP contribution in [0.1, 0.15) is 46.0 Å². The Kier molecular flexibility index (Phi) is 7.64. The van der Waals surface area contributed by atoms with Crippen LogP contribution in [0.25, 0.3) is 21.8 Å². The summed E-state index contributed by atoms with van der Waals surface area (Å²) in [5.74, 6) is -0.218. The molecule has 1 aromatic heterocycles. The lowest BCUT2D eigenvalue weighted by atomic mass is 10.1. The average Bonchev–Trinajstić information content (AvgIpc) is 2.73. The summed E-state index contributed by atoms with van der Waals surface area (Å²) in [6, 6.07) is 8.65. The van der Waals surface area contributed by atoms with Gasteiger partial charge < -0.3 is 9.51 Å². The third-order valence-electron chi connectivity index (χ3n) is 4.65. The van der Waals surface area contributed by atoms with Crippen molar-refractivity contribution >= 4 is 29.6 Å². The Labute approximate surface area is 175 Å². The van der Waals surface area contributed by atoms with E-state index in [2.05, 4.69) is 11.9 Å². The van der Waals surface area contributed by atoms with E-state index in [4.69, 9.17) is 13.6 Å². The van der Waals surface area contributed by atoms with E-state index in [1.54, 1.807) is 12.1 Å². The zero-order chi connectivity index (χ0) is 21.6. The third kappa shape index (κ3) is 5.48. The molecule has 0 radical (unpaired) electrons. The Morgan fingerprint density at radius 1 is 0.900 bits per heavy atom. The maximum atomic E-state index is 13.5. The van der Waals surface area contributed by atoms with E-state index in [1.165, 1.54) is 24.3 Å². The van der Waals surface area contributed by atoms with Gasteiger partial charge in [0.25, 0.3) is 0 Å². The zero-order valence-electron chi connectivity index (χ0n) is 17.3. The number of hydrogen-bond acceptors (Lipinski definition) is 5. The molecule has 8 heteroatoms. The number of unbranched alkanes of at least 4 members (excludes halogenated alkanes) is 3. The van der Waals surface area contributed by atoms with Crippen molar-refractivity contribution in [1.29, 1.82) is 0 Å². The Morgan fingerprint density at radius 3 is 2.47 bits per heavy atom. The smallest absolute Gasteiger partial charge is 0.404 e. The molecule has 0 saturated heterocycles. The van der Waals surface area contributed by atoms with E-state index < -0.39 is 13.6 Å². The molecule has 0 aliphatic carbocycles. The summed E-state index contributed by atoms with van der Waals surface area (Å²) in [6.45, 7) is 4.54. The fourth-order valence-electron chi connectivity index (χ4n) is 3.11. The van der Waals surface area contributed by atoms with Gasteiger partial charge in [-0.1, -0.05) is 33.1 Å². The van der Waals surface area contributed by atoms with E-state index >= 15 is 0 Å². The largest absolute Gasteiger partial charge is 0.530 e. The van der Waals surface area contributed by atoms with Gasteiger partial charge in [0.2, 0.25) is 0 Å². The summed E-state index contributed by atoms with van der Waals surface area (Å²) in [7, 11) is -3.79. The SMILES string of the molecule is CCCCCCOP(=O)(OCCC)Oc1ccc2c(=O)c3cc(F)ccc3[nH]c2c1. The first-order valence-corrected chi connectivity index (χ1v) is 11.8. The summed E-state index contributed by atoms with van der Waals surface area (Å²) >= 11 is 0. The van der Waals surface area contributed by atoms with E-state index in [9.17, 15) is 13.8 Å². The van der Waals surface area contributed by atoms with Crippen molar-refractivity contribution < 1.29 is 22.5 Å². The number of benzene rings is 2. The molecular weight excluding hydrogens is 408 g/mol. The predicted molar refractivity (Wildman–Crippen MR) is 117 cm³/mol. The molecule has 3 rings (SSSR count). The van der Waals surface area contributed by atoms with Crippen molar-refractivity contribution in [2.45, 2.75) is 46.0 Å². The van der Waals surface area contributed by atoms with Crippen molar-refractivity contribution in [3.8, 4) is 5.75 Å². The van der Waals surface area contributed by atoms with Gasteiger partial charge in [0.15, 0.2) is 5.43 Å². The second-order valence-electron chi connectivity index (χ2n) is 7.12. The van der Waals surface area contributed by atoms with Gasteiger partial charge >= 0.3 is 7.82 Å². The normalized spacial score (nSPS) is 13.6. The molecule has 0 amide bonds. The average molecular weight is 435 g/mol. The van der Waals surface area contributed by atoms with Crippen molar-refractivity contribution in [1.82, 2.24) is 4.98 Å². The molecular formula is C22H27FNO5P. The first kappa shape index (κ1) is 22.5. The molecule has 0 spiro atoms. The molecule has 1 N–H and O–H groups in total. The fourth-order valence-corrected chi connectivity index (χ4v) is 4.42. The van der Waals surface area contributed by atoms with Crippen LogP contribution in [0, 0.1) is 5.82 Å². The van der Waals surface area contributed by atoms with Crippen molar-refractivity contribution in [2.24, 2.45) is 0 Å². The maximum Gasteiger partial charge on any atom is 0.530 e. The zero-order valence-corrected chi connectivity index (χ0v) is 18.2. The molecule has 2 aromatic carbocycles. The Hall–Kier alpha value is -2.21. The molecule has 0 aliphatic heterocycles.